The van der Waals surface area contributed by atoms with Gasteiger partial charge in [-0.05, 0) is 86.8 Å². The Hall–Kier alpha value is -5.20. The summed E-state index contributed by atoms with van der Waals surface area (Å²) < 4.78 is 21.6. The summed E-state index contributed by atoms with van der Waals surface area (Å²) in [6, 6.07) is 13.9. The molecule has 1 aromatic heterocycles. The van der Waals surface area contributed by atoms with E-state index in [-0.39, 0.29) is 65.0 Å². The van der Waals surface area contributed by atoms with Crippen LogP contribution in [0.3, 0.4) is 0 Å². The third-order valence-electron chi connectivity index (χ3n) is 12.2. The lowest BCUT2D eigenvalue weighted by molar-refractivity contribution is -0.304. The molecular formula is C57H79Cl2N5O11S. The number of esters is 3. The highest BCUT2D eigenvalue weighted by atomic mass is 35.5. The number of ether oxygens (including phenoxy) is 4. The molecule has 19 heteroatoms. The number of nitrogens with one attached hydrogen (secondary N) is 2. The van der Waals surface area contributed by atoms with Crippen molar-refractivity contribution in [1.82, 2.24) is 15.0 Å². The van der Waals surface area contributed by atoms with Crippen LogP contribution >= 0.6 is 35.0 Å². The molecule has 0 saturated heterocycles. The normalized spacial score (nSPS) is 11.9. The Bertz CT molecular complexity index is 2350. The van der Waals surface area contributed by atoms with Gasteiger partial charge in [-0.2, -0.15) is 9.90 Å². The Labute approximate surface area is 463 Å². The Morgan fingerprint density at radius 3 is 1.70 bits per heavy atom. The second kappa shape index (κ2) is 37.6. The van der Waals surface area contributed by atoms with Gasteiger partial charge in [0.1, 0.15) is 35.8 Å². The molecule has 2 amide bonds. The molecule has 418 valence electrons. The highest BCUT2D eigenvalue weighted by Gasteiger charge is 2.33. The molecule has 0 aliphatic rings. The van der Waals surface area contributed by atoms with Crippen LogP contribution in [0, 0.1) is 0 Å². The average Bonchev–Trinajstić information content (AvgIpc) is 3.87. The van der Waals surface area contributed by atoms with Crippen LogP contribution < -0.4 is 15.4 Å². The van der Waals surface area contributed by atoms with Gasteiger partial charge >= 0.3 is 17.9 Å². The number of hydrogen-bond donors (Lipinski definition) is 2. The van der Waals surface area contributed by atoms with E-state index in [0.717, 1.165) is 61.5 Å². The first kappa shape index (κ1) is 63.3. The summed E-state index contributed by atoms with van der Waals surface area (Å²) in [6.07, 6.45) is 24.8. The fraction of sp³-hybridized carbons (Fsp3) is 0.561. The third kappa shape index (κ3) is 24.4. The summed E-state index contributed by atoms with van der Waals surface area (Å²) in [7, 11) is 0. The summed E-state index contributed by atoms with van der Waals surface area (Å²) in [6.45, 7) is 8.78. The predicted molar refractivity (Wildman–Crippen MR) is 298 cm³/mol. The van der Waals surface area contributed by atoms with Crippen LogP contribution in [0.15, 0.2) is 71.9 Å². The molecule has 1 heterocycles. The second-order valence-electron chi connectivity index (χ2n) is 18.5. The molecule has 0 spiro atoms. The lowest BCUT2D eigenvalue weighted by Gasteiger charge is -2.18. The molecule has 3 aromatic carbocycles. The standard InChI is InChI=1S/C57H79Cl2N5O11S/c1-5-8-10-12-14-16-18-20-22-24-34-72-57(69)45-29-33-48(59)50(39-45)62-54(66)52(53(65)61-49-38-43(26-32-47(49)58)41-75-74-35-25-23-21-19-17-15-13-11-9-6-2)64-60-40-51(63-64)76-42(4)55(67)73-37-36-71-46-30-27-44(28-31-46)56(68)70-7-3/h26-33,38-40,42,52H,5-25,34-37,41H2,1-4H3,(H,61,65)(H,62,66). The molecule has 76 heavy (non-hydrogen) atoms. The van der Waals surface area contributed by atoms with Gasteiger partial charge in [0.2, 0.25) is 6.04 Å². The minimum atomic E-state index is -1.76. The maximum absolute atomic E-state index is 14.3. The number of aromatic nitrogens is 3. The maximum Gasteiger partial charge on any atom is 0.338 e. The Morgan fingerprint density at radius 1 is 0.579 bits per heavy atom. The Morgan fingerprint density at radius 2 is 1.11 bits per heavy atom. The van der Waals surface area contributed by atoms with Gasteiger partial charge in [-0.25, -0.2) is 19.4 Å². The van der Waals surface area contributed by atoms with E-state index in [4.69, 9.17) is 51.9 Å². The van der Waals surface area contributed by atoms with Crippen molar-refractivity contribution in [2.75, 3.05) is 43.7 Å². The van der Waals surface area contributed by atoms with Gasteiger partial charge in [0, 0.05) is 0 Å². The first-order chi connectivity index (χ1) is 36.9. The zero-order valence-corrected chi connectivity index (χ0v) is 47.2. The zero-order chi connectivity index (χ0) is 54.8. The fourth-order valence-corrected chi connectivity index (χ4v) is 8.98. The van der Waals surface area contributed by atoms with E-state index in [1.54, 1.807) is 56.3 Å². The van der Waals surface area contributed by atoms with Crippen LogP contribution in [0.5, 0.6) is 5.75 Å². The predicted octanol–water partition coefficient (Wildman–Crippen LogP) is 14.1. The lowest BCUT2D eigenvalue weighted by Crippen LogP contribution is -2.37. The number of benzene rings is 3. The fourth-order valence-electron chi connectivity index (χ4n) is 7.88. The van der Waals surface area contributed by atoms with Crippen LogP contribution in [-0.2, 0) is 45.0 Å². The van der Waals surface area contributed by atoms with Crippen molar-refractivity contribution in [3.63, 3.8) is 0 Å². The number of hydrogen-bond acceptors (Lipinski definition) is 14. The summed E-state index contributed by atoms with van der Waals surface area (Å²) in [5.74, 6) is -2.90. The van der Waals surface area contributed by atoms with Crippen molar-refractivity contribution in [2.24, 2.45) is 0 Å². The number of carbonyl (C=O) groups excluding carboxylic acids is 5. The molecule has 4 aromatic rings. The molecule has 4 rings (SSSR count). The minimum absolute atomic E-state index is 0.0450. The largest absolute Gasteiger partial charge is 0.490 e. The smallest absolute Gasteiger partial charge is 0.338 e. The number of thioether (sulfide) groups is 1. The molecule has 0 radical (unpaired) electrons. The van der Waals surface area contributed by atoms with Crippen LogP contribution in [0.1, 0.15) is 188 Å². The number of carbonyl (C=O) groups is 5. The highest BCUT2D eigenvalue weighted by molar-refractivity contribution is 8.00. The molecular weight excluding hydrogens is 1030 g/mol. The number of halogens is 2. The van der Waals surface area contributed by atoms with E-state index in [1.807, 2.05) is 0 Å². The number of nitrogens with zero attached hydrogens (tertiary/aromatic N) is 3. The van der Waals surface area contributed by atoms with E-state index in [0.29, 0.717) is 23.5 Å². The van der Waals surface area contributed by atoms with E-state index in [1.165, 1.54) is 108 Å². The van der Waals surface area contributed by atoms with Crippen molar-refractivity contribution in [1.29, 1.82) is 0 Å². The van der Waals surface area contributed by atoms with Crippen LogP contribution in [-0.4, -0.2) is 83.0 Å². The Balaban J connectivity index is 1.38. The lowest BCUT2D eigenvalue weighted by atomic mass is 10.1. The summed E-state index contributed by atoms with van der Waals surface area (Å²) >= 11 is 14.1. The topological polar surface area (TPSA) is 195 Å². The second-order valence-corrected chi connectivity index (χ2v) is 20.7. The van der Waals surface area contributed by atoms with Crippen molar-refractivity contribution < 1.29 is 52.7 Å². The number of anilines is 2. The monoisotopic (exact) mass is 1110 g/mol. The van der Waals surface area contributed by atoms with Gasteiger partial charge in [0.05, 0.1) is 58.6 Å². The molecule has 16 nitrogen and oxygen atoms in total. The van der Waals surface area contributed by atoms with Crippen molar-refractivity contribution in [2.45, 2.75) is 179 Å². The van der Waals surface area contributed by atoms with E-state index in [2.05, 4.69) is 34.7 Å². The minimum Gasteiger partial charge on any atom is -0.490 e. The first-order valence-electron chi connectivity index (χ1n) is 27.2. The number of unbranched alkanes of at least 4 members (excludes halogenated alkanes) is 18. The van der Waals surface area contributed by atoms with E-state index in [9.17, 15) is 24.0 Å². The van der Waals surface area contributed by atoms with Gasteiger partial charge in [-0.3, -0.25) is 14.4 Å². The van der Waals surface area contributed by atoms with Crippen LogP contribution in [0.4, 0.5) is 11.4 Å². The van der Waals surface area contributed by atoms with Crippen LogP contribution in [0.25, 0.3) is 0 Å². The zero-order valence-electron chi connectivity index (χ0n) is 44.9. The average molecular weight is 1110 g/mol. The first-order valence-corrected chi connectivity index (χ1v) is 28.8. The maximum atomic E-state index is 14.3. The summed E-state index contributed by atoms with van der Waals surface area (Å²) in [5, 5.41) is 13.8. The molecule has 2 N–H and O–H groups in total. The quantitative estimate of drug-likeness (QED) is 0.00812. The SMILES string of the molecule is CCCCCCCCCCCCOOCc1ccc(Cl)c(NC(=O)C(C(=O)Nc2cc(C(=O)OCCCCCCCCCCCC)ccc2Cl)n2ncc(SC(C)C(=O)OCCOc3ccc(C(=O)OCC)cc3)n2)c1. The number of rotatable bonds is 40. The van der Waals surface area contributed by atoms with Gasteiger partial charge in [-0.15, -0.1) is 5.10 Å². The highest BCUT2D eigenvalue weighted by Crippen LogP contribution is 2.29. The molecule has 0 aliphatic heterocycles. The summed E-state index contributed by atoms with van der Waals surface area (Å²) in [5.41, 5.74) is 1.40. The van der Waals surface area contributed by atoms with Gasteiger partial charge in [-0.1, -0.05) is 170 Å². The van der Waals surface area contributed by atoms with Crippen molar-refractivity contribution in [3.05, 3.63) is 93.6 Å². The van der Waals surface area contributed by atoms with E-state index >= 15 is 0 Å². The molecule has 2 atom stereocenters. The van der Waals surface area contributed by atoms with Gasteiger partial charge in [0.15, 0.2) is 0 Å². The molecule has 2 unspecified atom stereocenters. The van der Waals surface area contributed by atoms with Crippen LogP contribution in [0.2, 0.25) is 10.0 Å². The van der Waals surface area contributed by atoms with Crippen molar-refractivity contribution in [3.8, 4) is 5.75 Å². The van der Waals surface area contributed by atoms with Gasteiger partial charge in [0.25, 0.3) is 11.8 Å². The Kier molecular flexibility index (Phi) is 31.3. The molecule has 0 bridgehead atoms. The van der Waals surface area contributed by atoms with E-state index < -0.39 is 41.0 Å². The molecule has 0 fully saturated rings. The number of amides is 2. The third-order valence-corrected chi connectivity index (χ3v) is 13.8. The molecule has 0 saturated carbocycles. The molecule has 0 aliphatic carbocycles. The van der Waals surface area contributed by atoms with Gasteiger partial charge < -0.3 is 29.6 Å². The summed E-state index contributed by atoms with van der Waals surface area (Å²) in [4.78, 5) is 78.5. The van der Waals surface area contributed by atoms with Crippen molar-refractivity contribution >= 4 is 76.1 Å².